The molecule has 1 aliphatic carbocycles. The number of nitrogens with one attached hydrogen (secondary N) is 1. The van der Waals surface area contributed by atoms with E-state index >= 15 is 0 Å². The van der Waals surface area contributed by atoms with Crippen LogP contribution in [0.15, 0.2) is 0 Å². The van der Waals surface area contributed by atoms with Crippen molar-refractivity contribution in [2.45, 2.75) is 43.7 Å². The summed E-state index contributed by atoms with van der Waals surface area (Å²) < 4.78 is 5.23. The lowest BCUT2D eigenvalue weighted by Gasteiger charge is -2.30. The van der Waals surface area contributed by atoms with Crippen LogP contribution in [0.5, 0.6) is 0 Å². The summed E-state index contributed by atoms with van der Waals surface area (Å²) in [6.07, 6.45) is 3.54. The Kier molecular flexibility index (Phi) is 3.75. The maximum atomic E-state index is 12.1. The molecule has 18 heavy (non-hydrogen) atoms. The Bertz CT molecular complexity index is 333. The number of amides is 2. The zero-order valence-corrected chi connectivity index (χ0v) is 10.6. The second kappa shape index (κ2) is 5.14. The predicted octanol–water partition coefficient (Wildman–Crippen LogP) is 0.814. The van der Waals surface area contributed by atoms with Gasteiger partial charge in [0.15, 0.2) is 0 Å². The number of hydrogen-bond acceptors (Lipinski definition) is 3. The van der Waals surface area contributed by atoms with Crippen molar-refractivity contribution in [2.75, 3.05) is 20.3 Å². The third kappa shape index (κ3) is 2.43. The summed E-state index contributed by atoms with van der Waals surface area (Å²) in [5.74, 6) is -0.926. The van der Waals surface area contributed by atoms with E-state index < -0.39 is 11.5 Å². The van der Waals surface area contributed by atoms with E-state index in [4.69, 9.17) is 4.74 Å². The Balaban J connectivity index is 1.98. The smallest absolute Gasteiger partial charge is 0.329 e. The summed E-state index contributed by atoms with van der Waals surface area (Å²) in [6, 6.07) is -0.257. The van der Waals surface area contributed by atoms with Gasteiger partial charge in [0.1, 0.15) is 5.54 Å². The van der Waals surface area contributed by atoms with Crippen molar-refractivity contribution in [1.82, 2.24) is 10.2 Å². The number of carboxylic acids is 1. The van der Waals surface area contributed by atoms with Gasteiger partial charge >= 0.3 is 12.0 Å². The van der Waals surface area contributed by atoms with E-state index in [9.17, 15) is 14.7 Å². The zero-order valence-electron chi connectivity index (χ0n) is 10.6. The van der Waals surface area contributed by atoms with Crippen LogP contribution in [0, 0.1) is 0 Å². The second-order valence-corrected chi connectivity index (χ2v) is 5.15. The lowest BCUT2D eigenvalue weighted by atomic mass is 9.98. The van der Waals surface area contributed by atoms with Gasteiger partial charge in [-0.1, -0.05) is 12.8 Å². The fourth-order valence-corrected chi connectivity index (χ4v) is 2.66. The molecule has 0 aromatic rings. The van der Waals surface area contributed by atoms with Crippen LogP contribution >= 0.6 is 0 Å². The average Bonchev–Trinajstić information content (AvgIpc) is 2.99. The number of likely N-dealkylation sites (N-methyl/N-ethyl adjacent to an activating group) is 1. The second-order valence-electron chi connectivity index (χ2n) is 5.15. The Labute approximate surface area is 106 Å². The monoisotopic (exact) mass is 256 g/mol. The third-order valence-corrected chi connectivity index (χ3v) is 3.99. The van der Waals surface area contributed by atoms with Crippen LogP contribution in [-0.4, -0.2) is 53.8 Å². The number of urea groups is 1. The van der Waals surface area contributed by atoms with Gasteiger partial charge in [-0.3, -0.25) is 0 Å². The number of hydrogen-bond donors (Lipinski definition) is 2. The first kappa shape index (κ1) is 13.1. The molecule has 1 atom stereocenters. The van der Waals surface area contributed by atoms with Crippen molar-refractivity contribution >= 4 is 12.0 Å². The fraction of sp³-hybridized carbons (Fsp3) is 0.833. The maximum absolute atomic E-state index is 12.1. The van der Waals surface area contributed by atoms with E-state index in [1.807, 2.05) is 0 Å². The highest BCUT2D eigenvalue weighted by Gasteiger charge is 2.43. The van der Waals surface area contributed by atoms with Crippen LogP contribution in [0.2, 0.25) is 0 Å². The SMILES string of the molecule is CN(C(=O)NC1(C(=O)O)CCCC1)C1CCOC1. The van der Waals surface area contributed by atoms with Gasteiger partial charge in [-0.15, -0.1) is 0 Å². The Morgan fingerprint density at radius 1 is 1.39 bits per heavy atom. The number of ether oxygens (including phenoxy) is 1. The molecule has 0 spiro atoms. The molecule has 2 rings (SSSR count). The molecule has 2 amide bonds. The summed E-state index contributed by atoms with van der Waals surface area (Å²) in [7, 11) is 1.69. The largest absolute Gasteiger partial charge is 0.480 e. The first-order valence-corrected chi connectivity index (χ1v) is 6.41. The lowest BCUT2D eigenvalue weighted by molar-refractivity contribution is -0.144. The molecule has 2 fully saturated rings. The van der Waals surface area contributed by atoms with Gasteiger partial charge in [-0.2, -0.15) is 0 Å². The van der Waals surface area contributed by atoms with Crippen molar-refractivity contribution in [3.8, 4) is 0 Å². The molecule has 0 aromatic carbocycles. The topological polar surface area (TPSA) is 78.9 Å². The van der Waals surface area contributed by atoms with Crippen LogP contribution in [0.1, 0.15) is 32.1 Å². The highest BCUT2D eigenvalue weighted by Crippen LogP contribution is 2.30. The lowest BCUT2D eigenvalue weighted by Crippen LogP contribution is -2.57. The van der Waals surface area contributed by atoms with Crippen molar-refractivity contribution in [2.24, 2.45) is 0 Å². The van der Waals surface area contributed by atoms with E-state index in [2.05, 4.69) is 5.32 Å². The summed E-state index contributed by atoms with van der Waals surface area (Å²) in [5.41, 5.74) is -1.06. The van der Waals surface area contributed by atoms with E-state index in [1.54, 1.807) is 11.9 Å². The van der Waals surface area contributed by atoms with Gasteiger partial charge in [0.25, 0.3) is 0 Å². The Morgan fingerprint density at radius 2 is 2.06 bits per heavy atom. The molecule has 102 valence electrons. The van der Waals surface area contributed by atoms with Crippen LogP contribution < -0.4 is 5.32 Å². The average molecular weight is 256 g/mol. The highest BCUT2D eigenvalue weighted by molar-refractivity contribution is 5.86. The van der Waals surface area contributed by atoms with Gasteiger partial charge in [0.2, 0.25) is 0 Å². The van der Waals surface area contributed by atoms with Gasteiger partial charge in [-0.25, -0.2) is 9.59 Å². The summed E-state index contributed by atoms with van der Waals surface area (Å²) >= 11 is 0. The van der Waals surface area contributed by atoms with Gasteiger partial charge in [0.05, 0.1) is 12.6 Å². The van der Waals surface area contributed by atoms with Crippen molar-refractivity contribution in [1.29, 1.82) is 0 Å². The minimum Gasteiger partial charge on any atom is -0.480 e. The minimum absolute atomic E-state index is 0.0530. The summed E-state index contributed by atoms with van der Waals surface area (Å²) in [5, 5.41) is 12.0. The highest BCUT2D eigenvalue weighted by atomic mass is 16.5. The molecule has 0 bridgehead atoms. The van der Waals surface area contributed by atoms with Crippen LogP contribution in [-0.2, 0) is 9.53 Å². The molecular weight excluding hydrogens is 236 g/mol. The van der Waals surface area contributed by atoms with Crippen LogP contribution in [0.25, 0.3) is 0 Å². The standard InChI is InChI=1S/C12H20N2O4/c1-14(9-4-7-18-8-9)11(17)13-12(10(15)16)5-2-3-6-12/h9H,2-8H2,1H3,(H,13,17)(H,15,16). The summed E-state index contributed by atoms with van der Waals surface area (Å²) in [6.45, 7) is 1.19. The summed E-state index contributed by atoms with van der Waals surface area (Å²) in [4.78, 5) is 25.0. The molecule has 2 N–H and O–H groups in total. The zero-order chi connectivity index (χ0) is 13.2. The van der Waals surface area contributed by atoms with E-state index in [1.165, 1.54) is 0 Å². The van der Waals surface area contributed by atoms with Crippen LogP contribution in [0.3, 0.4) is 0 Å². The molecule has 0 radical (unpaired) electrons. The number of carbonyl (C=O) groups excluding carboxylic acids is 1. The molecule has 1 aliphatic heterocycles. The van der Waals surface area contributed by atoms with Gasteiger partial charge in [0, 0.05) is 13.7 Å². The van der Waals surface area contributed by atoms with Crippen molar-refractivity contribution in [3.63, 3.8) is 0 Å². The number of carboxylic acid groups (broad SMARTS) is 1. The number of carbonyl (C=O) groups is 2. The Hall–Kier alpha value is -1.30. The normalized spacial score (nSPS) is 25.9. The molecule has 1 unspecified atom stereocenters. The first-order valence-electron chi connectivity index (χ1n) is 6.41. The maximum Gasteiger partial charge on any atom is 0.329 e. The number of nitrogens with zero attached hydrogens (tertiary/aromatic N) is 1. The van der Waals surface area contributed by atoms with Gasteiger partial charge in [-0.05, 0) is 19.3 Å². The molecular formula is C12H20N2O4. The van der Waals surface area contributed by atoms with Crippen LogP contribution in [0.4, 0.5) is 4.79 Å². The van der Waals surface area contributed by atoms with Crippen molar-refractivity contribution in [3.05, 3.63) is 0 Å². The molecule has 1 heterocycles. The molecule has 6 heteroatoms. The van der Waals surface area contributed by atoms with Crippen molar-refractivity contribution < 1.29 is 19.4 Å². The molecule has 0 aromatic heterocycles. The molecule has 6 nitrogen and oxygen atoms in total. The van der Waals surface area contributed by atoms with E-state index in [-0.39, 0.29) is 12.1 Å². The molecule has 2 aliphatic rings. The van der Waals surface area contributed by atoms with E-state index in [0.29, 0.717) is 26.1 Å². The Morgan fingerprint density at radius 3 is 2.56 bits per heavy atom. The third-order valence-electron chi connectivity index (χ3n) is 3.99. The van der Waals surface area contributed by atoms with E-state index in [0.717, 1.165) is 19.3 Å². The molecule has 1 saturated heterocycles. The quantitative estimate of drug-likeness (QED) is 0.783. The predicted molar refractivity (Wildman–Crippen MR) is 64.4 cm³/mol. The minimum atomic E-state index is -1.06. The van der Waals surface area contributed by atoms with Gasteiger partial charge < -0.3 is 20.1 Å². The number of rotatable bonds is 3. The fourth-order valence-electron chi connectivity index (χ4n) is 2.66. The molecule has 1 saturated carbocycles. The first-order chi connectivity index (χ1) is 8.55. The number of aliphatic carboxylic acids is 1.